The molecule has 0 aromatic heterocycles. The molecule has 4 heteroatoms. The average Bonchev–Trinajstić information content (AvgIpc) is 2.46. The predicted octanol–water partition coefficient (Wildman–Crippen LogP) is 3.49. The molecule has 4 nitrogen and oxygen atoms in total. The van der Waals surface area contributed by atoms with E-state index in [1.54, 1.807) is 18.2 Å². The molecular formula is C16H16O4. The van der Waals surface area contributed by atoms with Gasteiger partial charge in [-0.1, -0.05) is 43.7 Å². The molecule has 0 aliphatic heterocycles. The zero-order valence-corrected chi connectivity index (χ0v) is 11.3. The number of carboxylic acid groups (broad SMARTS) is 1. The van der Waals surface area contributed by atoms with E-state index >= 15 is 0 Å². The molecule has 20 heavy (non-hydrogen) atoms. The van der Waals surface area contributed by atoms with Gasteiger partial charge in [0.05, 0.1) is 17.7 Å². The molecular weight excluding hydrogens is 256 g/mol. The number of benzene rings is 2. The number of carbonyl (C=O) groups excluding carboxylic acids is 1. The van der Waals surface area contributed by atoms with Gasteiger partial charge < -0.3 is 9.84 Å². The molecule has 0 amide bonds. The van der Waals surface area contributed by atoms with Crippen molar-refractivity contribution in [3.8, 4) is 0 Å². The lowest BCUT2D eigenvalue weighted by Crippen LogP contribution is -2.13. The third kappa shape index (κ3) is 2.79. The Morgan fingerprint density at radius 1 is 1.15 bits per heavy atom. The van der Waals surface area contributed by atoms with Gasteiger partial charge in [-0.05, 0) is 23.3 Å². The minimum absolute atomic E-state index is 0.0230. The molecule has 0 atom stereocenters. The fourth-order valence-electron chi connectivity index (χ4n) is 2.05. The van der Waals surface area contributed by atoms with Crippen molar-refractivity contribution in [1.82, 2.24) is 0 Å². The van der Waals surface area contributed by atoms with Gasteiger partial charge in [-0.15, -0.1) is 0 Å². The van der Waals surface area contributed by atoms with Crippen molar-refractivity contribution in [3.63, 3.8) is 0 Å². The monoisotopic (exact) mass is 272 g/mol. The topological polar surface area (TPSA) is 63.6 Å². The summed E-state index contributed by atoms with van der Waals surface area (Å²) in [7, 11) is 0. The Morgan fingerprint density at radius 2 is 1.90 bits per heavy atom. The van der Waals surface area contributed by atoms with Gasteiger partial charge in [0.1, 0.15) is 0 Å². The summed E-state index contributed by atoms with van der Waals surface area (Å²) in [6, 6.07) is 10.3. The Kier molecular flexibility index (Phi) is 4.35. The van der Waals surface area contributed by atoms with Crippen molar-refractivity contribution in [2.45, 2.75) is 19.8 Å². The molecule has 0 fully saturated rings. The zero-order valence-electron chi connectivity index (χ0n) is 11.3. The highest BCUT2D eigenvalue weighted by atomic mass is 16.5. The van der Waals surface area contributed by atoms with E-state index in [4.69, 9.17) is 4.74 Å². The molecule has 2 aromatic carbocycles. The molecule has 2 aromatic rings. The summed E-state index contributed by atoms with van der Waals surface area (Å²) in [5.41, 5.74) is 0.108. The van der Waals surface area contributed by atoms with Gasteiger partial charge >= 0.3 is 11.9 Å². The maximum atomic E-state index is 12.2. The van der Waals surface area contributed by atoms with E-state index in [0.717, 1.165) is 18.2 Å². The highest BCUT2D eigenvalue weighted by Gasteiger charge is 2.20. The van der Waals surface area contributed by atoms with Gasteiger partial charge in [-0.3, -0.25) is 0 Å². The lowest BCUT2D eigenvalue weighted by atomic mass is 9.99. The van der Waals surface area contributed by atoms with Crippen molar-refractivity contribution in [3.05, 3.63) is 47.5 Å². The van der Waals surface area contributed by atoms with Crippen molar-refractivity contribution in [1.29, 1.82) is 0 Å². The molecule has 0 unspecified atom stereocenters. The number of fused-ring (bicyclic) bond motifs is 1. The van der Waals surface area contributed by atoms with Crippen LogP contribution in [-0.2, 0) is 4.74 Å². The largest absolute Gasteiger partial charge is 0.478 e. The molecule has 0 saturated carbocycles. The van der Waals surface area contributed by atoms with E-state index in [2.05, 4.69) is 0 Å². The number of esters is 1. The number of hydrogen-bond acceptors (Lipinski definition) is 3. The van der Waals surface area contributed by atoms with Crippen LogP contribution in [0, 0.1) is 0 Å². The number of ether oxygens (including phenoxy) is 1. The first-order valence-corrected chi connectivity index (χ1v) is 6.57. The van der Waals surface area contributed by atoms with Crippen LogP contribution < -0.4 is 0 Å². The van der Waals surface area contributed by atoms with E-state index < -0.39 is 11.9 Å². The van der Waals surface area contributed by atoms with Crippen molar-refractivity contribution >= 4 is 22.7 Å². The van der Waals surface area contributed by atoms with Crippen molar-refractivity contribution in [2.75, 3.05) is 6.61 Å². The number of hydrogen-bond donors (Lipinski definition) is 1. The predicted molar refractivity (Wildman–Crippen MR) is 76.1 cm³/mol. The van der Waals surface area contributed by atoms with Crippen LogP contribution in [0.4, 0.5) is 0 Å². The summed E-state index contributed by atoms with van der Waals surface area (Å²) in [6.07, 6.45) is 1.67. The SMILES string of the molecule is CCCCOC(=O)c1c(C(=O)O)ccc2ccccc12. The van der Waals surface area contributed by atoms with Gasteiger partial charge in [-0.2, -0.15) is 0 Å². The second kappa shape index (κ2) is 6.19. The van der Waals surface area contributed by atoms with Crippen LogP contribution in [0.5, 0.6) is 0 Å². The third-order valence-electron chi connectivity index (χ3n) is 3.09. The number of aromatic carboxylic acids is 1. The summed E-state index contributed by atoms with van der Waals surface area (Å²) in [4.78, 5) is 23.5. The van der Waals surface area contributed by atoms with E-state index in [-0.39, 0.29) is 11.1 Å². The lowest BCUT2D eigenvalue weighted by Gasteiger charge is -2.10. The van der Waals surface area contributed by atoms with E-state index in [1.807, 2.05) is 19.1 Å². The zero-order chi connectivity index (χ0) is 14.5. The number of carboxylic acids is 1. The van der Waals surface area contributed by atoms with Gasteiger partial charge in [0, 0.05) is 0 Å². The highest BCUT2D eigenvalue weighted by Crippen LogP contribution is 2.23. The third-order valence-corrected chi connectivity index (χ3v) is 3.09. The smallest absolute Gasteiger partial charge is 0.339 e. The molecule has 0 saturated heterocycles. The Labute approximate surface area is 117 Å². The standard InChI is InChI=1S/C16H16O4/c1-2-3-10-20-16(19)14-12-7-5-4-6-11(12)8-9-13(14)15(17)18/h4-9H,2-3,10H2,1H3,(H,17,18). The number of unbranched alkanes of at least 4 members (excludes halogenated alkanes) is 1. The minimum atomic E-state index is -1.13. The van der Waals surface area contributed by atoms with Gasteiger partial charge in [-0.25, -0.2) is 9.59 Å². The summed E-state index contributed by atoms with van der Waals surface area (Å²) >= 11 is 0. The molecule has 1 N–H and O–H groups in total. The fourth-order valence-corrected chi connectivity index (χ4v) is 2.05. The fraction of sp³-hybridized carbons (Fsp3) is 0.250. The maximum absolute atomic E-state index is 12.2. The maximum Gasteiger partial charge on any atom is 0.339 e. The number of rotatable bonds is 5. The van der Waals surface area contributed by atoms with Crippen LogP contribution in [0.2, 0.25) is 0 Å². The van der Waals surface area contributed by atoms with E-state index in [9.17, 15) is 14.7 Å². The molecule has 2 rings (SSSR count). The highest BCUT2D eigenvalue weighted by molar-refractivity contribution is 6.12. The molecule has 0 aliphatic carbocycles. The summed E-state index contributed by atoms with van der Waals surface area (Å²) in [5.74, 6) is -1.70. The Morgan fingerprint density at radius 3 is 2.60 bits per heavy atom. The molecule has 104 valence electrons. The molecule has 0 spiro atoms. The Bertz CT molecular complexity index is 646. The van der Waals surface area contributed by atoms with Crippen LogP contribution in [0.15, 0.2) is 36.4 Å². The van der Waals surface area contributed by atoms with Crippen molar-refractivity contribution < 1.29 is 19.4 Å². The van der Waals surface area contributed by atoms with Gasteiger partial charge in [0.15, 0.2) is 0 Å². The van der Waals surface area contributed by atoms with Crippen LogP contribution in [0.1, 0.15) is 40.5 Å². The molecule has 0 radical (unpaired) electrons. The summed E-state index contributed by atoms with van der Waals surface area (Å²) in [5, 5.41) is 10.7. The van der Waals surface area contributed by atoms with Crippen molar-refractivity contribution in [2.24, 2.45) is 0 Å². The second-order valence-corrected chi connectivity index (χ2v) is 4.50. The first kappa shape index (κ1) is 14.1. The summed E-state index contributed by atoms with van der Waals surface area (Å²) in [6.45, 7) is 2.30. The first-order chi connectivity index (χ1) is 9.65. The van der Waals surface area contributed by atoms with Gasteiger partial charge in [0.2, 0.25) is 0 Å². The van der Waals surface area contributed by atoms with Crippen LogP contribution in [0.25, 0.3) is 10.8 Å². The molecule has 0 bridgehead atoms. The van der Waals surface area contributed by atoms with Crippen LogP contribution in [0.3, 0.4) is 0 Å². The van der Waals surface area contributed by atoms with E-state index in [0.29, 0.717) is 12.0 Å². The summed E-state index contributed by atoms with van der Waals surface area (Å²) < 4.78 is 5.17. The molecule has 0 aliphatic rings. The second-order valence-electron chi connectivity index (χ2n) is 4.50. The lowest BCUT2D eigenvalue weighted by molar-refractivity contribution is 0.0492. The number of carbonyl (C=O) groups is 2. The Balaban J connectivity index is 2.49. The quantitative estimate of drug-likeness (QED) is 0.668. The van der Waals surface area contributed by atoms with Crippen LogP contribution in [-0.4, -0.2) is 23.7 Å². The van der Waals surface area contributed by atoms with Crippen LogP contribution >= 0.6 is 0 Å². The minimum Gasteiger partial charge on any atom is -0.478 e. The normalized spacial score (nSPS) is 10.4. The van der Waals surface area contributed by atoms with Gasteiger partial charge in [0.25, 0.3) is 0 Å². The average molecular weight is 272 g/mol. The first-order valence-electron chi connectivity index (χ1n) is 6.57. The Hall–Kier alpha value is -2.36. The molecule has 0 heterocycles. The van der Waals surface area contributed by atoms with E-state index in [1.165, 1.54) is 6.07 Å².